The van der Waals surface area contributed by atoms with E-state index in [0.29, 0.717) is 21.4 Å². The van der Waals surface area contributed by atoms with Gasteiger partial charge in [-0.1, -0.05) is 29.5 Å². The number of nitrogens with one attached hydrogen (secondary N) is 2. The van der Waals surface area contributed by atoms with E-state index in [1.165, 1.54) is 47.9 Å². The number of anilines is 2. The number of thiophene rings is 1. The lowest BCUT2D eigenvalue weighted by Crippen LogP contribution is -2.04. The van der Waals surface area contributed by atoms with Crippen LogP contribution in [0.1, 0.15) is 12.5 Å². The number of carbonyl (C=O) groups is 1. The fraction of sp³-hybridized carbons (Fsp3) is 0.0625. The van der Waals surface area contributed by atoms with Gasteiger partial charge in [0, 0.05) is 24.6 Å². The zero-order chi connectivity index (χ0) is 18.5. The average Bonchev–Trinajstić information content (AvgIpc) is 3.24. The molecular weight excluding hydrogens is 374 g/mol. The van der Waals surface area contributed by atoms with Crippen molar-refractivity contribution in [2.24, 2.45) is 5.10 Å². The topological polar surface area (TPSA) is 110 Å². The summed E-state index contributed by atoms with van der Waals surface area (Å²) in [5, 5.41) is 20.7. The smallest absolute Gasteiger partial charge is 0.270 e. The normalized spacial score (nSPS) is 10.8. The molecule has 0 bridgehead atoms. The number of non-ortho nitro benzene ring substituents is 1. The van der Waals surface area contributed by atoms with Crippen molar-refractivity contribution in [3.8, 4) is 10.6 Å². The van der Waals surface area contributed by atoms with Crippen molar-refractivity contribution in [2.45, 2.75) is 6.92 Å². The van der Waals surface area contributed by atoms with Crippen LogP contribution in [-0.2, 0) is 4.79 Å². The summed E-state index contributed by atoms with van der Waals surface area (Å²) in [5.74, 6) is -0.182. The summed E-state index contributed by atoms with van der Waals surface area (Å²) in [5.41, 5.74) is 4.06. The average molecular weight is 387 g/mol. The van der Waals surface area contributed by atoms with Crippen LogP contribution in [-0.4, -0.2) is 22.0 Å². The second kappa shape index (κ2) is 7.85. The zero-order valence-corrected chi connectivity index (χ0v) is 15.1. The number of aromatic nitrogens is 1. The Labute approximate surface area is 156 Å². The van der Waals surface area contributed by atoms with E-state index in [4.69, 9.17) is 0 Å². The van der Waals surface area contributed by atoms with Gasteiger partial charge >= 0.3 is 0 Å². The molecule has 0 aliphatic heterocycles. The lowest BCUT2D eigenvalue weighted by Gasteiger charge is -1.99. The van der Waals surface area contributed by atoms with Crippen molar-refractivity contribution in [3.05, 3.63) is 57.5 Å². The zero-order valence-electron chi connectivity index (χ0n) is 13.5. The van der Waals surface area contributed by atoms with Gasteiger partial charge in [0.25, 0.3) is 5.69 Å². The van der Waals surface area contributed by atoms with Crippen molar-refractivity contribution in [1.82, 2.24) is 4.98 Å². The first-order chi connectivity index (χ1) is 12.5. The standard InChI is InChI=1S/C16H13N5O3S2/c1-10(22)18-15-14(13-6-3-7-25-13)19-16(26-15)20-17-9-11-4-2-5-12(8-11)21(23)24/h2-9H,1H3,(H,18,22)(H,19,20)/b17-9-. The summed E-state index contributed by atoms with van der Waals surface area (Å²) < 4.78 is 0. The highest BCUT2D eigenvalue weighted by atomic mass is 32.1. The fourth-order valence-electron chi connectivity index (χ4n) is 2.07. The van der Waals surface area contributed by atoms with E-state index in [1.807, 2.05) is 17.5 Å². The van der Waals surface area contributed by atoms with Gasteiger partial charge in [-0.05, 0) is 11.4 Å². The lowest BCUT2D eigenvalue weighted by atomic mass is 10.2. The molecule has 1 amide bonds. The molecule has 2 N–H and O–H groups in total. The van der Waals surface area contributed by atoms with Crippen LogP contribution in [0, 0.1) is 10.1 Å². The summed E-state index contributed by atoms with van der Waals surface area (Å²) in [4.78, 5) is 27.1. The Morgan fingerprint density at radius 2 is 2.19 bits per heavy atom. The van der Waals surface area contributed by atoms with Crippen molar-refractivity contribution in [2.75, 3.05) is 10.7 Å². The number of rotatable bonds is 6. The quantitative estimate of drug-likeness (QED) is 0.374. The maximum atomic E-state index is 11.4. The number of thiazole rings is 1. The van der Waals surface area contributed by atoms with Gasteiger partial charge in [0.15, 0.2) is 0 Å². The lowest BCUT2D eigenvalue weighted by molar-refractivity contribution is -0.384. The molecule has 0 saturated heterocycles. The van der Waals surface area contributed by atoms with Crippen LogP contribution in [0.4, 0.5) is 15.8 Å². The second-order valence-electron chi connectivity index (χ2n) is 5.08. The van der Waals surface area contributed by atoms with Crippen LogP contribution in [0.5, 0.6) is 0 Å². The van der Waals surface area contributed by atoms with E-state index in [9.17, 15) is 14.9 Å². The Hall–Kier alpha value is -3.11. The van der Waals surface area contributed by atoms with Crippen LogP contribution in [0.25, 0.3) is 10.6 Å². The molecule has 10 heteroatoms. The Morgan fingerprint density at radius 3 is 2.88 bits per heavy atom. The SMILES string of the molecule is CC(=O)Nc1sc(N/N=C\c2cccc([N+](=O)[O-])c2)nc1-c1cccs1. The molecule has 0 saturated carbocycles. The second-order valence-corrected chi connectivity index (χ2v) is 7.02. The highest BCUT2D eigenvalue weighted by Gasteiger charge is 2.15. The largest absolute Gasteiger partial charge is 0.316 e. The summed E-state index contributed by atoms with van der Waals surface area (Å²) >= 11 is 2.78. The van der Waals surface area contributed by atoms with Crippen LogP contribution in [0.2, 0.25) is 0 Å². The molecule has 0 radical (unpaired) electrons. The first kappa shape index (κ1) is 17.7. The molecule has 0 fully saturated rings. The molecule has 0 atom stereocenters. The number of hydrazone groups is 1. The molecule has 8 nitrogen and oxygen atoms in total. The summed E-state index contributed by atoms with van der Waals surface area (Å²) in [6.45, 7) is 1.44. The third-order valence-electron chi connectivity index (χ3n) is 3.13. The first-order valence-electron chi connectivity index (χ1n) is 7.39. The number of nitrogens with zero attached hydrogens (tertiary/aromatic N) is 3. The molecule has 1 aromatic carbocycles. The van der Waals surface area contributed by atoms with Gasteiger partial charge < -0.3 is 5.32 Å². The number of amides is 1. The number of hydrogen-bond acceptors (Lipinski definition) is 8. The maximum absolute atomic E-state index is 11.4. The molecule has 26 heavy (non-hydrogen) atoms. The molecular formula is C16H13N5O3S2. The Bertz CT molecular complexity index is 966. The highest BCUT2D eigenvalue weighted by molar-refractivity contribution is 7.21. The van der Waals surface area contributed by atoms with Crippen LogP contribution < -0.4 is 10.7 Å². The van der Waals surface area contributed by atoms with E-state index in [0.717, 1.165) is 4.88 Å². The van der Waals surface area contributed by atoms with E-state index >= 15 is 0 Å². The van der Waals surface area contributed by atoms with Gasteiger partial charge in [0.2, 0.25) is 11.0 Å². The van der Waals surface area contributed by atoms with Crippen LogP contribution in [0.3, 0.4) is 0 Å². The number of nitro groups is 1. The number of carbonyl (C=O) groups excluding carboxylic acids is 1. The maximum Gasteiger partial charge on any atom is 0.270 e. The number of benzene rings is 1. The minimum absolute atomic E-state index is 0.00359. The van der Waals surface area contributed by atoms with E-state index in [1.54, 1.807) is 12.1 Å². The summed E-state index contributed by atoms with van der Waals surface area (Å²) in [7, 11) is 0. The molecule has 0 unspecified atom stereocenters. The molecule has 132 valence electrons. The third kappa shape index (κ3) is 4.29. The molecule has 3 aromatic rings. The van der Waals surface area contributed by atoms with Gasteiger partial charge in [-0.25, -0.2) is 4.98 Å². The molecule has 0 aliphatic carbocycles. The van der Waals surface area contributed by atoms with Crippen molar-refractivity contribution in [3.63, 3.8) is 0 Å². The highest BCUT2D eigenvalue weighted by Crippen LogP contribution is 2.37. The molecule has 3 rings (SSSR count). The third-order valence-corrected chi connectivity index (χ3v) is 4.88. The van der Waals surface area contributed by atoms with Gasteiger partial charge in [-0.15, -0.1) is 11.3 Å². The van der Waals surface area contributed by atoms with Gasteiger partial charge in [0.1, 0.15) is 10.7 Å². The van der Waals surface area contributed by atoms with E-state index < -0.39 is 4.92 Å². The van der Waals surface area contributed by atoms with Gasteiger partial charge in [0.05, 0.1) is 16.0 Å². The molecule has 2 heterocycles. The monoisotopic (exact) mass is 387 g/mol. The Morgan fingerprint density at radius 1 is 1.35 bits per heavy atom. The van der Waals surface area contributed by atoms with Crippen LogP contribution >= 0.6 is 22.7 Å². The predicted molar refractivity (Wildman–Crippen MR) is 104 cm³/mol. The van der Waals surface area contributed by atoms with Crippen molar-refractivity contribution in [1.29, 1.82) is 0 Å². The minimum Gasteiger partial charge on any atom is -0.316 e. The summed E-state index contributed by atoms with van der Waals surface area (Å²) in [6, 6.07) is 9.96. The molecule has 0 aliphatic rings. The molecule has 2 aromatic heterocycles. The predicted octanol–water partition coefficient (Wildman–Crippen LogP) is 4.18. The number of hydrogen-bond donors (Lipinski definition) is 2. The van der Waals surface area contributed by atoms with Gasteiger partial charge in [-0.3, -0.25) is 20.3 Å². The molecule has 0 spiro atoms. The van der Waals surface area contributed by atoms with Crippen molar-refractivity contribution < 1.29 is 9.72 Å². The van der Waals surface area contributed by atoms with Crippen LogP contribution in [0.15, 0.2) is 46.9 Å². The van der Waals surface area contributed by atoms with Gasteiger partial charge in [-0.2, -0.15) is 5.10 Å². The minimum atomic E-state index is -0.460. The first-order valence-corrected chi connectivity index (χ1v) is 9.08. The summed E-state index contributed by atoms with van der Waals surface area (Å²) in [6.07, 6.45) is 1.47. The Kier molecular flexibility index (Phi) is 5.34. The van der Waals surface area contributed by atoms with Crippen molar-refractivity contribution >= 4 is 50.6 Å². The fourth-order valence-corrected chi connectivity index (χ4v) is 3.73. The Balaban J connectivity index is 1.78. The van der Waals surface area contributed by atoms with E-state index in [2.05, 4.69) is 20.8 Å². The van der Waals surface area contributed by atoms with E-state index in [-0.39, 0.29) is 11.6 Å². The number of nitro benzene ring substituents is 1.